The number of amides is 4. The Morgan fingerprint density at radius 2 is 1.83 bits per heavy atom. The van der Waals surface area contributed by atoms with Crippen LogP contribution < -0.4 is 24.8 Å². The molecule has 4 amide bonds. The van der Waals surface area contributed by atoms with Gasteiger partial charge in [-0.3, -0.25) is 23.9 Å². The summed E-state index contributed by atoms with van der Waals surface area (Å²) in [6.45, 7) is 9.70. The van der Waals surface area contributed by atoms with Crippen LogP contribution in [0.15, 0.2) is 40.1 Å². The number of hydrogen-bond donors (Lipinski definition) is 3. The third-order valence-corrected chi connectivity index (χ3v) is 15.0. The van der Waals surface area contributed by atoms with E-state index >= 15 is 0 Å². The molecule has 5 atom stereocenters. The number of carbonyl (C=O) groups is 4. The number of ether oxygens (including phenoxy) is 2. The highest BCUT2D eigenvalue weighted by Gasteiger charge is 2.62. The van der Waals surface area contributed by atoms with E-state index in [2.05, 4.69) is 39.4 Å². The van der Waals surface area contributed by atoms with Crippen molar-refractivity contribution >= 4 is 55.9 Å². The lowest BCUT2D eigenvalue weighted by Crippen LogP contribution is -2.58. The quantitative estimate of drug-likeness (QED) is 0.159. The van der Waals surface area contributed by atoms with Gasteiger partial charge in [0.05, 0.1) is 30.1 Å². The molecule has 0 bridgehead atoms. The summed E-state index contributed by atoms with van der Waals surface area (Å²) in [5, 5.41) is 16.4. The number of nitrogens with one attached hydrogen (secondary N) is 3. The number of nitrogens with zero attached hydrogens (tertiary/aromatic N) is 5. The van der Waals surface area contributed by atoms with Gasteiger partial charge < -0.3 is 29.4 Å². The number of benzene rings is 1. The zero-order valence-corrected chi connectivity index (χ0v) is 37.9. The summed E-state index contributed by atoms with van der Waals surface area (Å²) in [7, 11) is -2.34. The molecule has 17 nitrogen and oxygen atoms in total. The molecule has 0 unspecified atom stereocenters. The Morgan fingerprint density at radius 1 is 1.03 bits per heavy atom. The average Bonchev–Trinajstić information content (AvgIpc) is 4.00. The van der Waals surface area contributed by atoms with E-state index in [-0.39, 0.29) is 49.4 Å². The number of fused-ring (bicyclic) bond motifs is 3. The van der Waals surface area contributed by atoms with Gasteiger partial charge in [0.2, 0.25) is 27.7 Å². The van der Waals surface area contributed by atoms with E-state index in [1.54, 1.807) is 7.11 Å². The van der Waals surface area contributed by atoms with Crippen LogP contribution >= 0.6 is 11.3 Å². The highest BCUT2D eigenvalue weighted by Crippen LogP contribution is 2.46. The predicted molar refractivity (Wildman–Crippen MR) is 234 cm³/mol. The van der Waals surface area contributed by atoms with E-state index in [1.807, 2.05) is 56.5 Å². The Bertz CT molecular complexity index is 2570. The van der Waals surface area contributed by atoms with Crippen molar-refractivity contribution < 1.29 is 41.5 Å². The molecule has 1 aromatic carbocycles. The first-order chi connectivity index (χ1) is 30.1. The summed E-state index contributed by atoms with van der Waals surface area (Å²) >= 11 is 1.47. The van der Waals surface area contributed by atoms with E-state index in [9.17, 15) is 27.6 Å². The molecular formula is C44H54N8O9S2. The van der Waals surface area contributed by atoms with Gasteiger partial charge in [-0.1, -0.05) is 52.7 Å². The fourth-order valence-corrected chi connectivity index (χ4v) is 10.6. The van der Waals surface area contributed by atoms with Crippen LogP contribution in [0.2, 0.25) is 0 Å². The topological polar surface area (TPSA) is 225 Å². The molecule has 4 aliphatic rings. The molecule has 336 valence electrons. The molecule has 63 heavy (non-hydrogen) atoms. The molecule has 3 N–H and O–H groups in total. The van der Waals surface area contributed by atoms with Crippen molar-refractivity contribution in [3.63, 3.8) is 0 Å². The standard InChI is InChI=1S/C44H54N8O9S2/c1-23(2)32-22-62-41(47-32)31-19-35(29-16-17-34(59-6)25(5)36(29)45-31)60-27-18-33-37(53)48-44(43(56)51-63(57,58)28-14-15-28)20-26(44)12-10-8-7-9-11-13-30(42(55)52(33)21-27)46-38(54)40-50-49-39(61-40)24(3)4/h10,12,16-17,19,22-24,26-28,30,33H,7-9,11,13-15,18,20-21H2,1-6H3,(H,46,54)(H,48,53)(H,51,56)/b12-10-/t26-,27-,30+,33+,44-/m1/s1. The molecule has 4 aromatic rings. The first-order valence-corrected chi connectivity index (χ1v) is 24.1. The minimum Gasteiger partial charge on any atom is -0.496 e. The average molecular weight is 903 g/mol. The van der Waals surface area contributed by atoms with Crippen molar-refractivity contribution in [1.29, 1.82) is 0 Å². The van der Waals surface area contributed by atoms with Crippen molar-refractivity contribution in [2.24, 2.45) is 5.92 Å². The first kappa shape index (κ1) is 44.2. The Labute approximate surface area is 370 Å². The van der Waals surface area contributed by atoms with E-state index in [0.29, 0.717) is 58.8 Å². The van der Waals surface area contributed by atoms with Crippen LogP contribution in [0.1, 0.15) is 125 Å². The maximum absolute atomic E-state index is 14.9. The van der Waals surface area contributed by atoms with Crippen LogP contribution in [0.3, 0.4) is 0 Å². The summed E-state index contributed by atoms with van der Waals surface area (Å²) in [5.41, 5.74) is 1.39. The molecule has 0 spiro atoms. The Balaban J connectivity index is 1.15. The SMILES string of the molecule is COc1ccc2c(O[C@@H]3C[C@H]4C(=O)N[C@]5(C(=O)NS(=O)(=O)C6CC6)C[C@H]5/C=C\CCCCC[C@H](NC(=O)c5nnc(C(C)C)o5)C(=O)N4C3)cc(-c3nc(C(C)C)cs3)nc2c1C. The predicted octanol–water partition coefficient (Wildman–Crippen LogP) is 5.46. The van der Waals surface area contributed by atoms with Crippen molar-refractivity contribution in [2.75, 3.05) is 13.7 Å². The monoisotopic (exact) mass is 902 g/mol. The lowest BCUT2D eigenvalue weighted by molar-refractivity contribution is -0.141. The molecule has 2 aliphatic carbocycles. The van der Waals surface area contributed by atoms with Crippen molar-refractivity contribution in [3.05, 3.63) is 58.8 Å². The van der Waals surface area contributed by atoms with Gasteiger partial charge in [-0.15, -0.1) is 21.5 Å². The fraction of sp³-hybridized carbons (Fsp3) is 0.545. The molecule has 3 aromatic heterocycles. The van der Waals surface area contributed by atoms with Crippen LogP contribution in [0, 0.1) is 12.8 Å². The van der Waals surface area contributed by atoms with Gasteiger partial charge in [-0.05, 0) is 63.5 Å². The summed E-state index contributed by atoms with van der Waals surface area (Å²) in [6.07, 6.45) is 7.17. The van der Waals surface area contributed by atoms with Gasteiger partial charge in [-0.2, -0.15) is 0 Å². The molecule has 1 saturated heterocycles. The van der Waals surface area contributed by atoms with E-state index in [0.717, 1.165) is 24.1 Å². The summed E-state index contributed by atoms with van der Waals surface area (Å²) < 4.78 is 46.3. The van der Waals surface area contributed by atoms with Crippen LogP contribution in [0.4, 0.5) is 0 Å². The number of allylic oxidation sites excluding steroid dienone is 1. The second kappa shape index (κ2) is 17.6. The molecule has 19 heteroatoms. The molecule has 8 rings (SSSR count). The molecular weight excluding hydrogens is 849 g/mol. The van der Waals surface area contributed by atoms with Crippen LogP contribution in [-0.4, -0.2) is 99.7 Å². The minimum absolute atomic E-state index is 0.0151. The highest BCUT2D eigenvalue weighted by atomic mass is 32.2. The van der Waals surface area contributed by atoms with Gasteiger partial charge in [0.15, 0.2) is 0 Å². The van der Waals surface area contributed by atoms with Gasteiger partial charge in [0.1, 0.15) is 45.9 Å². The molecule has 5 heterocycles. The van der Waals surface area contributed by atoms with Gasteiger partial charge in [-0.25, -0.2) is 18.4 Å². The normalized spacial score (nSPS) is 24.9. The molecule has 2 aliphatic heterocycles. The number of pyridine rings is 1. The highest BCUT2D eigenvalue weighted by molar-refractivity contribution is 7.91. The lowest BCUT2D eigenvalue weighted by Gasteiger charge is -2.29. The zero-order chi connectivity index (χ0) is 44.8. The van der Waals surface area contributed by atoms with Crippen LogP contribution in [0.5, 0.6) is 11.5 Å². The van der Waals surface area contributed by atoms with Crippen LogP contribution in [-0.2, 0) is 24.4 Å². The third-order valence-electron chi connectivity index (χ3n) is 12.3. The second-order valence-electron chi connectivity index (χ2n) is 17.6. The van der Waals surface area contributed by atoms with E-state index < -0.39 is 68.5 Å². The number of methoxy groups -OCH3 is 1. The van der Waals surface area contributed by atoms with Crippen molar-refractivity contribution in [2.45, 2.75) is 133 Å². The smallest absolute Gasteiger partial charge is 0.309 e. The number of carbonyl (C=O) groups excluding carboxylic acids is 4. The maximum Gasteiger partial charge on any atom is 0.309 e. The summed E-state index contributed by atoms with van der Waals surface area (Å²) in [4.78, 5) is 68.4. The van der Waals surface area contributed by atoms with Crippen molar-refractivity contribution in [1.82, 2.24) is 40.4 Å². The summed E-state index contributed by atoms with van der Waals surface area (Å²) in [5.74, 6) is -2.00. The lowest BCUT2D eigenvalue weighted by atomic mass is 10.0. The largest absolute Gasteiger partial charge is 0.496 e. The van der Waals surface area contributed by atoms with Gasteiger partial charge in [0.25, 0.3) is 5.91 Å². The summed E-state index contributed by atoms with van der Waals surface area (Å²) in [6, 6.07) is 3.25. The molecule has 2 saturated carbocycles. The van der Waals surface area contributed by atoms with Crippen molar-refractivity contribution in [3.8, 4) is 22.2 Å². The minimum atomic E-state index is -3.93. The second-order valence-corrected chi connectivity index (χ2v) is 20.5. The van der Waals surface area contributed by atoms with Crippen LogP contribution in [0.25, 0.3) is 21.6 Å². The fourth-order valence-electron chi connectivity index (χ4n) is 8.28. The molecule has 3 fully saturated rings. The number of aromatic nitrogens is 4. The number of thiazole rings is 1. The zero-order valence-electron chi connectivity index (χ0n) is 36.3. The van der Waals surface area contributed by atoms with Gasteiger partial charge in [0, 0.05) is 40.7 Å². The Kier molecular flexibility index (Phi) is 12.4. The number of hydrogen-bond acceptors (Lipinski definition) is 14. The Hall–Kier alpha value is -5.43. The maximum atomic E-state index is 14.9. The molecule has 0 radical (unpaired) electrons. The van der Waals surface area contributed by atoms with E-state index in [4.69, 9.17) is 23.9 Å². The Morgan fingerprint density at radius 3 is 2.52 bits per heavy atom. The van der Waals surface area contributed by atoms with E-state index in [1.165, 1.54) is 16.2 Å². The third kappa shape index (κ3) is 9.17. The number of aryl methyl sites for hydroxylation is 1. The van der Waals surface area contributed by atoms with Gasteiger partial charge >= 0.3 is 11.8 Å². The first-order valence-electron chi connectivity index (χ1n) is 21.7. The number of sulfonamides is 1. The number of rotatable bonds is 11.